The molecule has 0 aliphatic heterocycles. The minimum atomic E-state index is -0.291. The van der Waals surface area contributed by atoms with Gasteiger partial charge in [-0.1, -0.05) is 46.2 Å². The van der Waals surface area contributed by atoms with Gasteiger partial charge in [-0.2, -0.15) is 0 Å². The maximum absolute atomic E-state index is 9.42. The number of rotatable bonds is 6. The summed E-state index contributed by atoms with van der Waals surface area (Å²) < 4.78 is 0. The average molecular weight is 195 g/mol. The normalized spacial score (nSPS) is 11.9. The van der Waals surface area contributed by atoms with Crippen LogP contribution in [-0.4, -0.2) is 0 Å². The van der Waals surface area contributed by atoms with Gasteiger partial charge >= 0.3 is 0 Å². The molecule has 0 N–H and O–H groups in total. The summed E-state index contributed by atoms with van der Waals surface area (Å²) in [4.78, 5) is 0. The Balaban J connectivity index is 2.10. The highest BCUT2D eigenvalue weighted by Gasteiger charge is 1.98. The van der Waals surface area contributed by atoms with Crippen LogP contribution in [0.5, 0.6) is 0 Å². The molecule has 0 saturated carbocycles. The third kappa shape index (κ3) is 3.87. The van der Waals surface area contributed by atoms with Crippen LogP contribution >= 0.6 is 7.53 Å². The highest BCUT2D eigenvalue weighted by molar-refractivity contribution is 7.51. The second-order valence-corrected chi connectivity index (χ2v) is 5.62. The molecule has 1 aromatic rings. The molecule has 1 unspecified atom stereocenters. The molecule has 0 aromatic carbocycles. The van der Waals surface area contributed by atoms with Gasteiger partial charge < -0.3 is 0 Å². The standard InChI is InChI=1S/C11H18NP/c1-2-3-4-5-6-9-13-10-7-8-11(13)12/h7-8,10H,2-6,9H2,1H3. The second kappa shape index (κ2) is 6.10. The van der Waals surface area contributed by atoms with Gasteiger partial charge in [-0.3, -0.25) is 0 Å². The van der Waals surface area contributed by atoms with E-state index in [2.05, 4.69) is 12.7 Å². The zero-order valence-corrected chi connectivity index (χ0v) is 9.26. The summed E-state index contributed by atoms with van der Waals surface area (Å²) in [7, 11) is -0.291. The summed E-state index contributed by atoms with van der Waals surface area (Å²) >= 11 is 0. The number of hydrogen-bond acceptors (Lipinski definition) is 0. The molecule has 1 rings (SSSR count). The molecule has 0 aliphatic rings. The Bertz CT molecular complexity index is 230. The molecule has 2 radical (unpaired) electrons. The van der Waals surface area contributed by atoms with Crippen molar-refractivity contribution in [2.75, 3.05) is 0 Å². The molecule has 0 fully saturated rings. The third-order valence-electron chi connectivity index (χ3n) is 2.31. The molecule has 72 valence electrons. The lowest BCUT2D eigenvalue weighted by Gasteiger charge is -2.00. The lowest BCUT2D eigenvalue weighted by atomic mass is 10.2. The monoisotopic (exact) mass is 195 g/mol. The molecule has 2 heteroatoms. The molecule has 0 saturated heterocycles. The fourth-order valence-electron chi connectivity index (χ4n) is 1.48. The van der Waals surface area contributed by atoms with Crippen molar-refractivity contribution in [3.05, 3.63) is 17.9 Å². The zero-order chi connectivity index (χ0) is 9.52. The molecule has 0 aliphatic carbocycles. The zero-order valence-electron chi connectivity index (χ0n) is 8.37. The van der Waals surface area contributed by atoms with E-state index in [0.717, 1.165) is 0 Å². The second-order valence-electron chi connectivity index (χ2n) is 3.47. The fraction of sp³-hybridized carbons (Fsp3) is 0.636. The van der Waals surface area contributed by atoms with E-state index in [4.69, 9.17) is 0 Å². The van der Waals surface area contributed by atoms with E-state index in [1.54, 1.807) is 0 Å². The molecular formula is C11H18NP. The van der Waals surface area contributed by atoms with Gasteiger partial charge in [-0.05, 0) is 24.4 Å². The summed E-state index contributed by atoms with van der Waals surface area (Å²) in [5, 5.41) is 0. The first-order valence-electron chi connectivity index (χ1n) is 5.18. The van der Waals surface area contributed by atoms with Gasteiger partial charge in [0.1, 0.15) is 5.42 Å². The highest BCUT2D eigenvalue weighted by atomic mass is 31.1. The predicted octanol–water partition coefficient (Wildman–Crippen LogP) is 4.34. The van der Waals surface area contributed by atoms with Crippen molar-refractivity contribution in [1.82, 2.24) is 5.73 Å². The smallest absolute Gasteiger partial charge is 0.104 e. The van der Waals surface area contributed by atoms with Gasteiger partial charge in [0.2, 0.25) is 0 Å². The topological polar surface area (TPSA) is 22.3 Å². The first-order valence-corrected chi connectivity index (χ1v) is 6.78. The molecule has 13 heavy (non-hydrogen) atoms. The maximum Gasteiger partial charge on any atom is 0.104 e. The van der Waals surface area contributed by atoms with Crippen LogP contribution in [0.3, 0.4) is 0 Å². The Labute approximate surface area is 82.4 Å². The lowest BCUT2D eigenvalue weighted by molar-refractivity contribution is 0.648. The van der Waals surface area contributed by atoms with Gasteiger partial charge in [0.25, 0.3) is 0 Å². The van der Waals surface area contributed by atoms with E-state index >= 15 is 0 Å². The minimum Gasteiger partial charge on any atom is -0.146 e. The molecule has 1 heterocycles. The molecular weight excluding hydrogens is 177 g/mol. The van der Waals surface area contributed by atoms with E-state index in [9.17, 15) is 5.73 Å². The predicted molar refractivity (Wildman–Crippen MR) is 59.7 cm³/mol. The van der Waals surface area contributed by atoms with Crippen LogP contribution in [0, 0.1) is 0 Å². The van der Waals surface area contributed by atoms with Crippen LogP contribution in [0.4, 0.5) is 5.42 Å². The highest BCUT2D eigenvalue weighted by Crippen LogP contribution is 2.39. The summed E-state index contributed by atoms with van der Waals surface area (Å²) in [5.41, 5.74) is 10.0. The molecule has 1 aromatic heterocycles. The number of hydrogen-bond donors (Lipinski definition) is 0. The van der Waals surface area contributed by atoms with Gasteiger partial charge in [0, 0.05) is 0 Å². The van der Waals surface area contributed by atoms with Crippen molar-refractivity contribution in [1.29, 1.82) is 0 Å². The van der Waals surface area contributed by atoms with Crippen LogP contribution in [0.1, 0.15) is 39.0 Å². The first-order chi connectivity index (χ1) is 6.34. The Morgan fingerprint density at radius 1 is 1.23 bits per heavy atom. The first kappa shape index (κ1) is 10.7. The van der Waals surface area contributed by atoms with Gasteiger partial charge in [-0.15, -0.1) is 5.73 Å². The molecule has 0 bridgehead atoms. The van der Waals surface area contributed by atoms with Crippen LogP contribution in [0.15, 0.2) is 17.9 Å². The van der Waals surface area contributed by atoms with Crippen LogP contribution in [-0.2, 0) is 6.16 Å². The van der Waals surface area contributed by atoms with E-state index in [0.29, 0.717) is 5.42 Å². The Morgan fingerprint density at radius 3 is 2.62 bits per heavy atom. The van der Waals surface area contributed by atoms with Crippen LogP contribution in [0.25, 0.3) is 0 Å². The van der Waals surface area contributed by atoms with Gasteiger partial charge in [0.05, 0.1) is 0 Å². The van der Waals surface area contributed by atoms with Crippen molar-refractivity contribution >= 4 is 13.0 Å². The molecule has 1 nitrogen and oxygen atoms in total. The van der Waals surface area contributed by atoms with Crippen molar-refractivity contribution in [3.63, 3.8) is 0 Å². The summed E-state index contributed by atoms with van der Waals surface area (Å²) in [6, 6.07) is 3.81. The van der Waals surface area contributed by atoms with Gasteiger partial charge in [0.15, 0.2) is 0 Å². The fourth-order valence-corrected chi connectivity index (χ4v) is 3.15. The Morgan fingerprint density at radius 2 is 2.00 bits per heavy atom. The third-order valence-corrected chi connectivity index (χ3v) is 4.38. The summed E-state index contributed by atoms with van der Waals surface area (Å²) in [6.45, 7) is 2.23. The van der Waals surface area contributed by atoms with E-state index in [1.807, 2.05) is 12.1 Å². The van der Waals surface area contributed by atoms with E-state index in [-0.39, 0.29) is 7.53 Å². The van der Waals surface area contributed by atoms with Crippen LogP contribution in [0.2, 0.25) is 0 Å². The quantitative estimate of drug-likeness (QED) is 0.602. The summed E-state index contributed by atoms with van der Waals surface area (Å²) in [5.74, 6) is 2.16. The number of unbranched alkanes of at least 4 members (excludes halogenated alkanes) is 4. The van der Waals surface area contributed by atoms with Crippen molar-refractivity contribution in [3.8, 4) is 0 Å². The maximum atomic E-state index is 9.42. The SMILES string of the molecule is CCCCCCCp1cccc1[N]. The van der Waals surface area contributed by atoms with Crippen molar-refractivity contribution in [2.45, 2.75) is 45.2 Å². The lowest BCUT2D eigenvalue weighted by Crippen LogP contribution is -1.77. The molecule has 0 amide bonds. The van der Waals surface area contributed by atoms with Crippen LogP contribution < -0.4 is 5.73 Å². The van der Waals surface area contributed by atoms with E-state index in [1.165, 1.54) is 38.3 Å². The Hall–Kier alpha value is -0.420. The van der Waals surface area contributed by atoms with E-state index < -0.39 is 0 Å². The van der Waals surface area contributed by atoms with Crippen molar-refractivity contribution in [2.24, 2.45) is 0 Å². The minimum absolute atomic E-state index is 0.291. The average Bonchev–Trinajstić information content (AvgIpc) is 2.52. The Kier molecular flexibility index (Phi) is 5.00. The molecule has 1 atom stereocenters. The largest absolute Gasteiger partial charge is 0.146 e. The number of nitrogens with zero attached hydrogens (tertiary/aromatic N) is 1. The summed E-state index contributed by atoms with van der Waals surface area (Å²) in [6.07, 6.45) is 7.79. The number of aryl methyl sites for hydroxylation is 1. The van der Waals surface area contributed by atoms with Crippen molar-refractivity contribution < 1.29 is 0 Å². The van der Waals surface area contributed by atoms with Gasteiger partial charge in [-0.25, -0.2) is 0 Å². The molecule has 0 spiro atoms.